The van der Waals surface area contributed by atoms with Crippen LogP contribution in [0.2, 0.25) is 5.02 Å². The van der Waals surface area contributed by atoms with Crippen molar-refractivity contribution in [2.75, 3.05) is 7.11 Å². The number of carbonyl (C=O) groups excluding carboxylic acids is 1. The number of thiazole rings is 1. The van der Waals surface area contributed by atoms with Crippen molar-refractivity contribution >= 4 is 28.8 Å². The number of aromatic nitrogens is 1. The van der Waals surface area contributed by atoms with E-state index in [1.54, 1.807) is 18.2 Å². The number of hydrogen-bond donors (Lipinski definition) is 0. The molecule has 7 heteroatoms. The average Bonchev–Trinajstić information content (AvgIpc) is 3.01. The summed E-state index contributed by atoms with van der Waals surface area (Å²) >= 11 is 7.61. The third-order valence-corrected chi connectivity index (χ3v) is 6.29. The molecule has 0 saturated carbocycles. The van der Waals surface area contributed by atoms with Gasteiger partial charge in [-0.05, 0) is 51.8 Å². The summed E-state index contributed by atoms with van der Waals surface area (Å²) in [7, 11) is 1.53. The van der Waals surface area contributed by atoms with Gasteiger partial charge in [-0.25, -0.2) is 0 Å². The highest BCUT2D eigenvalue weighted by atomic mass is 35.5. The van der Waals surface area contributed by atoms with Gasteiger partial charge in [0.05, 0.1) is 28.8 Å². The van der Waals surface area contributed by atoms with Crippen molar-refractivity contribution in [1.29, 1.82) is 0 Å². The summed E-state index contributed by atoms with van der Waals surface area (Å²) in [5.74, 6) is 0.489. The molecule has 0 aliphatic carbocycles. The van der Waals surface area contributed by atoms with E-state index in [-0.39, 0.29) is 5.91 Å². The van der Waals surface area contributed by atoms with E-state index in [9.17, 15) is 4.79 Å². The summed E-state index contributed by atoms with van der Waals surface area (Å²) in [4.78, 5) is 19.3. The van der Waals surface area contributed by atoms with E-state index in [0.717, 1.165) is 17.1 Å². The Labute approximate surface area is 175 Å². The predicted octanol–water partition coefficient (Wildman–Crippen LogP) is 5.11. The molecule has 28 heavy (non-hydrogen) atoms. The van der Waals surface area contributed by atoms with Crippen molar-refractivity contribution in [2.24, 2.45) is 10.9 Å². The number of hydrogen-bond acceptors (Lipinski definition) is 4. The molecular weight excluding hydrogens is 396 g/mol. The van der Waals surface area contributed by atoms with Crippen molar-refractivity contribution in [1.82, 2.24) is 4.57 Å². The van der Waals surface area contributed by atoms with Gasteiger partial charge in [-0.1, -0.05) is 36.8 Å². The molecule has 0 atom stereocenters. The first-order valence-electron chi connectivity index (χ1n) is 9.33. The van der Waals surface area contributed by atoms with Gasteiger partial charge in [-0.15, -0.1) is 0 Å². The molecule has 0 radical (unpaired) electrons. The van der Waals surface area contributed by atoms with Crippen molar-refractivity contribution in [3.63, 3.8) is 0 Å². The van der Waals surface area contributed by atoms with Crippen molar-refractivity contribution < 1.29 is 14.3 Å². The van der Waals surface area contributed by atoms with Gasteiger partial charge >= 0.3 is 0 Å². The summed E-state index contributed by atoms with van der Waals surface area (Å²) < 4.78 is 13.7. The maximum absolute atomic E-state index is 13.0. The fraction of sp³-hybridized carbons (Fsp3) is 0.524. The quantitative estimate of drug-likeness (QED) is 0.687. The fourth-order valence-electron chi connectivity index (χ4n) is 3.76. The zero-order valence-corrected chi connectivity index (χ0v) is 19.0. The molecule has 3 rings (SSSR count). The lowest BCUT2D eigenvalue weighted by atomic mass is 10.0. The van der Waals surface area contributed by atoms with E-state index in [0.29, 0.717) is 27.1 Å². The van der Waals surface area contributed by atoms with Crippen LogP contribution in [0.5, 0.6) is 5.75 Å². The number of nitrogens with zero attached hydrogens (tertiary/aromatic N) is 2. The molecule has 152 valence electrons. The molecule has 0 unspecified atom stereocenters. The average molecular weight is 423 g/mol. The van der Waals surface area contributed by atoms with Crippen LogP contribution in [0.1, 0.15) is 62.5 Å². The minimum atomic E-state index is -0.450. The summed E-state index contributed by atoms with van der Waals surface area (Å²) in [6.45, 7) is 13.3. The van der Waals surface area contributed by atoms with Crippen molar-refractivity contribution in [2.45, 2.75) is 59.3 Å². The van der Waals surface area contributed by atoms with Gasteiger partial charge in [0.25, 0.3) is 5.91 Å². The highest BCUT2D eigenvalue weighted by Gasteiger charge is 2.47. The molecule has 0 saturated heterocycles. The summed E-state index contributed by atoms with van der Waals surface area (Å²) in [5.41, 5.74) is 0.580. The number of fused-ring (bicyclic) bond motifs is 1. The van der Waals surface area contributed by atoms with Gasteiger partial charge in [0, 0.05) is 11.6 Å². The van der Waals surface area contributed by atoms with Gasteiger partial charge in [0.15, 0.2) is 4.80 Å². The maximum atomic E-state index is 13.0. The molecule has 1 amide bonds. The summed E-state index contributed by atoms with van der Waals surface area (Å²) in [6, 6.07) is 4.97. The highest BCUT2D eigenvalue weighted by Crippen LogP contribution is 2.48. The molecule has 0 spiro atoms. The van der Waals surface area contributed by atoms with E-state index in [4.69, 9.17) is 21.1 Å². The van der Waals surface area contributed by atoms with E-state index >= 15 is 0 Å². The maximum Gasteiger partial charge on any atom is 0.283 e. The summed E-state index contributed by atoms with van der Waals surface area (Å²) in [5, 5.41) is 0.471. The van der Waals surface area contributed by atoms with Gasteiger partial charge in [-0.3, -0.25) is 4.79 Å². The normalized spacial score (nSPS) is 17.8. The molecule has 0 bridgehead atoms. The number of methoxy groups -OCH3 is 1. The second kappa shape index (κ2) is 7.32. The smallest absolute Gasteiger partial charge is 0.283 e. The fourth-order valence-corrected chi connectivity index (χ4v) is 5.26. The van der Waals surface area contributed by atoms with Crippen molar-refractivity contribution in [3.05, 3.63) is 44.2 Å². The van der Waals surface area contributed by atoms with Crippen LogP contribution in [0.25, 0.3) is 0 Å². The van der Waals surface area contributed by atoms with Gasteiger partial charge < -0.3 is 14.0 Å². The zero-order valence-electron chi connectivity index (χ0n) is 17.4. The Morgan fingerprint density at radius 1 is 1.29 bits per heavy atom. The number of ether oxygens (including phenoxy) is 2. The van der Waals surface area contributed by atoms with Gasteiger partial charge in [-0.2, -0.15) is 4.99 Å². The first kappa shape index (κ1) is 21.1. The second-order valence-corrected chi connectivity index (χ2v) is 9.87. The van der Waals surface area contributed by atoms with E-state index in [2.05, 4.69) is 51.1 Å². The number of carbonyl (C=O) groups is 1. The Balaban J connectivity index is 2.20. The molecule has 1 aliphatic rings. The zero-order chi connectivity index (χ0) is 20.9. The van der Waals surface area contributed by atoms with E-state index in [1.807, 2.05) is 0 Å². The Morgan fingerprint density at radius 2 is 1.96 bits per heavy atom. The van der Waals surface area contributed by atoms with Crippen LogP contribution in [-0.4, -0.2) is 17.6 Å². The third kappa shape index (κ3) is 3.78. The molecule has 1 aromatic heterocycles. The molecule has 1 aromatic carbocycles. The predicted molar refractivity (Wildman–Crippen MR) is 112 cm³/mol. The number of rotatable bonds is 4. The Kier molecular flexibility index (Phi) is 5.51. The third-order valence-electron chi connectivity index (χ3n) is 4.67. The molecular formula is C21H27ClN2O3S. The van der Waals surface area contributed by atoms with Crippen LogP contribution >= 0.6 is 22.9 Å². The molecule has 0 N–H and O–H groups in total. The molecule has 2 aromatic rings. The van der Waals surface area contributed by atoms with Gasteiger partial charge in [0.2, 0.25) is 0 Å². The number of halogens is 1. The molecule has 0 fully saturated rings. The minimum absolute atomic E-state index is 0.356. The standard InChI is InChI=1S/C21H27ClN2O3S/c1-12(2)11-24-16-17(21(5,6)27-20(16,3)4)28-19(24)23-18(25)14-10-13(22)8-9-15(14)26-7/h8-10,12H,11H2,1-7H3. The molecule has 5 nitrogen and oxygen atoms in total. The lowest BCUT2D eigenvalue weighted by Gasteiger charge is -2.26. The Hall–Kier alpha value is -1.63. The van der Waals surface area contributed by atoms with Crippen LogP contribution in [0.4, 0.5) is 0 Å². The Bertz CT molecular complexity index is 986. The first-order valence-corrected chi connectivity index (χ1v) is 10.5. The van der Waals surface area contributed by atoms with Crippen LogP contribution in [0, 0.1) is 5.92 Å². The highest BCUT2D eigenvalue weighted by molar-refractivity contribution is 7.09. The largest absolute Gasteiger partial charge is 0.496 e. The molecule has 1 aliphatic heterocycles. The van der Waals surface area contributed by atoms with Gasteiger partial charge in [0.1, 0.15) is 11.4 Å². The van der Waals surface area contributed by atoms with Crippen LogP contribution in [0.15, 0.2) is 23.2 Å². The van der Waals surface area contributed by atoms with Crippen LogP contribution < -0.4 is 9.54 Å². The number of amides is 1. The molecule has 2 heterocycles. The number of benzene rings is 1. The Morgan fingerprint density at radius 3 is 2.57 bits per heavy atom. The first-order chi connectivity index (χ1) is 13.0. The van der Waals surface area contributed by atoms with Crippen molar-refractivity contribution in [3.8, 4) is 5.75 Å². The SMILES string of the molecule is COc1ccc(Cl)cc1C(=O)N=c1sc2c(n1CC(C)C)C(C)(C)OC2(C)C. The van der Waals surface area contributed by atoms with E-state index in [1.165, 1.54) is 18.4 Å². The van der Waals surface area contributed by atoms with E-state index < -0.39 is 11.2 Å². The summed E-state index contributed by atoms with van der Waals surface area (Å²) in [6.07, 6.45) is 0. The lowest BCUT2D eigenvalue weighted by molar-refractivity contribution is -0.106. The topological polar surface area (TPSA) is 52.8 Å². The monoisotopic (exact) mass is 422 g/mol. The van der Waals surface area contributed by atoms with Crippen LogP contribution in [0.3, 0.4) is 0 Å². The van der Waals surface area contributed by atoms with Crippen LogP contribution in [-0.2, 0) is 22.5 Å². The second-order valence-electron chi connectivity index (χ2n) is 8.45. The lowest BCUT2D eigenvalue weighted by Crippen LogP contribution is -2.30. The minimum Gasteiger partial charge on any atom is -0.496 e.